The lowest BCUT2D eigenvalue weighted by Crippen LogP contribution is -2.02. The summed E-state index contributed by atoms with van der Waals surface area (Å²) in [5.41, 5.74) is 0. The summed E-state index contributed by atoms with van der Waals surface area (Å²) in [6, 6.07) is 0. The highest BCUT2D eigenvalue weighted by molar-refractivity contribution is 7.99. The Bertz CT molecular complexity index is 140. The highest BCUT2D eigenvalue weighted by Crippen LogP contribution is 2.47. The van der Waals surface area contributed by atoms with Crippen LogP contribution in [0.2, 0.25) is 0 Å². The average Bonchev–Trinajstić information content (AvgIpc) is 2.56. The van der Waals surface area contributed by atoms with Crippen LogP contribution in [0.5, 0.6) is 0 Å². The van der Waals surface area contributed by atoms with Crippen molar-refractivity contribution in [1.29, 1.82) is 0 Å². The van der Waals surface area contributed by atoms with Crippen LogP contribution in [-0.2, 0) is 4.79 Å². The van der Waals surface area contributed by atoms with Crippen LogP contribution in [0.4, 0.5) is 0 Å². The molecule has 0 bridgehead atoms. The van der Waals surface area contributed by atoms with E-state index in [0.717, 1.165) is 18.1 Å². The summed E-state index contributed by atoms with van der Waals surface area (Å²) in [6.45, 7) is 0. The minimum atomic E-state index is 0.448. The van der Waals surface area contributed by atoms with Crippen molar-refractivity contribution in [3.63, 3.8) is 0 Å². The van der Waals surface area contributed by atoms with Gasteiger partial charge in [0.05, 0.1) is 0 Å². The van der Waals surface area contributed by atoms with Crippen molar-refractivity contribution in [2.75, 3.05) is 11.5 Å². The second-order valence-corrected chi connectivity index (χ2v) is 4.47. The van der Waals surface area contributed by atoms with E-state index in [2.05, 4.69) is 0 Å². The topological polar surface area (TPSA) is 17.1 Å². The molecule has 0 aromatic heterocycles. The zero-order chi connectivity index (χ0) is 6.97. The fourth-order valence-electron chi connectivity index (χ4n) is 1.82. The van der Waals surface area contributed by atoms with E-state index in [-0.39, 0.29) is 0 Å². The third kappa shape index (κ3) is 1.09. The first-order valence-corrected chi connectivity index (χ1v) is 5.10. The number of rotatable bonds is 2. The molecule has 2 aliphatic rings. The number of carbonyl (C=O) groups is 1. The Morgan fingerprint density at radius 1 is 1.50 bits per heavy atom. The number of hydrogen-bond donors (Lipinski definition) is 0. The van der Waals surface area contributed by atoms with Crippen LogP contribution in [0.3, 0.4) is 0 Å². The summed E-state index contributed by atoms with van der Waals surface area (Å²) in [5, 5.41) is 0. The van der Waals surface area contributed by atoms with Crippen molar-refractivity contribution >= 4 is 18.0 Å². The maximum atomic E-state index is 10.3. The van der Waals surface area contributed by atoms with Crippen LogP contribution in [0.25, 0.3) is 0 Å². The van der Waals surface area contributed by atoms with E-state index in [1.807, 2.05) is 11.8 Å². The summed E-state index contributed by atoms with van der Waals surface area (Å²) in [6.07, 6.45) is 3.70. The normalized spacial score (nSPS) is 45.4. The predicted molar refractivity (Wildman–Crippen MR) is 43.1 cm³/mol. The second kappa shape index (κ2) is 2.57. The van der Waals surface area contributed by atoms with E-state index in [0.29, 0.717) is 5.92 Å². The molecule has 3 atom stereocenters. The molecule has 1 aliphatic carbocycles. The minimum absolute atomic E-state index is 0.448. The van der Waals surface area contributed by atoms with Gasteiger partial charge in [-0.15, -0.1) is 0 Å². The van der Waals surface area contributed by atoms with Crippen molar-refractivity contribution in [3.05, 3.63) is 0 Å². The summed E-state index contributed by atoms with van der Waals surface area (Å²) >= 11 is 2.05. The molecule has 0 spiro atoms. The summed E-state index contributed by atoms with van der Waals surface area (Å²) in [5.74, 6) is 4.76. The molecule has 2 rings (SSSR count). The third-order valence-electron chi connectivity index (χ3n) is 2.64. The Balaban J connectivity index is 1.84. The molecule has 1 nitrogen and oxygen atoms in total. The maximum Gasteiger partial charge on any atom is 0.123 e. The summed E-state index contributed by atoms with van der Waals surface area (Å²) < 4.78 is 0. The lowest BCUT2D eigenvalue weighted by Gasteiger charge is -2.03. The van der Waals surface area contributed by atoms with Crippen LogP contribution in [-0.4, -0.2) is 17.8 Å². The van der Waals surface area contributed by atoms with E-state index in [9.17, 15) is 4.79 Å². The standard InChI is InChI=1S/C8H12OS/c9-4-7-3-8(7)6-1-2-10-5-6/h4,6-8H,1-3,5H2. The zero-order valence-corrected chi connectivity index (χ0v) is 6.77. The quantitative estimate of drug-likeness (QED) is 0.565. The largest absolute Gasteiger partial charge is 0.303 e. The summed E-state index contributed by atoms with van der Waals surface area (Å²) in [7, 11) is 0. The number of carbonyl (C=O) groups excluding carboxylic acids is 1. The van der Waals surface area contributed by atoms with Gasteiger partial charge in [-0.25, -0.2) is 0 Å². The Labute approximate surface area is 65.6 Å². The summed E-state index contributed by atoms with van der Waals surface area (Å²) in [4.78, 5) is 10.3. The van der Waals surface area contributed by atoms with E-state index in [1.54, 1.807) is 0 Å². The van der Waals surface area contributed by atoms with Crippen LogP contribution in [0, 0.1) is 17.8 Å². The third-order valence-corrected chi connectivity index (χ3v) is 3.82. The number of hydrogen-bond acceptors (Lipinski definition) is 2. The van der Waals surface area contributed by atoms with E-state index >= 15 is 0 Å². The first-order valence-electron chi connectivity index (χ1n) is 3.95. The van der Waals surface area contributed by atoms with E-state index in [4.69, 9.17) is 0 Å². The molecule has 2 heteroatoms. The van der Waals surface area contributed by atoms with Gasteiger partial charge in [-0.05, 0) is 36.2 Å². The fourth-order valence-corrected chi connectivity index (χ4v) is 3.18. The minimum Gasteiger partial charge on any atom is -0.303 e. The van der Waals surface area contributed by atoms with Gasteiger partial charge in [-0.2, -0.15) is 11.8 Å². The number of thioether (sulfide) groups is 1. The van der Waals surface area contributed by atoms with Crippen molar-refractivity contribution in [2.24, 2.45) is 17.8 Å². The Morgan fingerprint density at radius 3 is 2.90 bits per heavy atom. The molecule has 0 N–H and O–H groups in total. The molecular formula is C8H12OS. The molecule has 0 radical (unpaired) electrons. The van der Waals surface area contributed by atoms with Gasteiger partial charge in [0.2, 0.25) is 0 Å². The van der Waals surface area contributed by atoms with Crippen molar-refractivity contribution < 1.29 is 4.79 Å². The Morgan fingerprint density at radius 2 is 2.40 bits per heavy atom. The highest BCUT2D eigenvalue weighted by atomic mass is 32.2. The highest BCUT2D eigenvalue weighted by Gasteiger charge is 2.43. The smallest absolute Gasteiger partial charge is 0.123 e. The molecule has 56 valence electrons. The van der Waals surface area contributed by atoms with Crippen molar-refractivity contribution in [1.82, 2.24) is 0 Å². The molecule has 0 amide bonds. The lowest BCUT2D eigenvalue weighted by molar-refractivity contribution is -0.109. The van der Waals surface area contributed by atoms with Gasteiger partial charge in [-0.3, -0.25) is 0 Å². The monoisotopic (exact) mass is 156 g/mol. The molecule has 0 aromatic rings. The van der Waals surface area contributed by atoms with E-state index in [1.165, 1.54) is 24.3 Å². The van der Waals surface area contributed by atoms with Crippen molar-refractivity contribution in [3.8, 4) is 0 Å². The lowest BCUT2D eigenvalue weighted by atomic mass is 10.0. The predicted octanol–water partition coefficient (Wildman–Crippen LogP) is 1.57. The molecular weight excluding hydrogens is 144 g/mol. The maximum absolute atomic E-state index is 10.3. The van der Waals surface area contributed by atoms with E-state index < -0.39 is 0 Å². The molecule has 10 heavy (non-hydrogen) atoms. The molecule has 0 aromatic carbocycles. The van der Waals surface area contributed by atoms with Crippen molar-refractivity contribution in [2.45, 2.75) is 12.8 Å². The molecule has 3 unspecified atom stereocenters. The average molecular weight is 156 g/mol. The molecule has 2 fully saturated rings. The van der Waals surface area contributed by atoms with Gasteiger partial charge >= 0.3 is 0 Å². The van der Waals surface area contributed by atoms with Crippen LogP contribution in [0.1, 0.15) is 12.8 Å². The van der Waals surface area contributed by atoms with Crippen LogP contribution in [0.15, 0.2) is 0 Å². The van der Waals surface area contributed by atoms with Gasteiger partial charge in [0.1, 0.15) is 6.29 Å². The fraction of sp³-hybridized carbons (Fsp3) is 0.875. The SMILES string of the molecule is O=CC1CC1C1CCSC1. The van der Waals surface area contributed by atoms with Gasteiger partial charge in [-0.1, -0.05) is 0 Å². The molecule has 1 saturated carbocycles. The van der Waals surface area contributed by atoms with Crippen LogP contribution < -0.4 is 0 Å². The van der Waals surface area contributed by atoms with Gasteiger partial charge in [0.25, 0.3) is 0 Å². The molecule has 1 aliphatic heterocycles. The molecule has 1 heterocycles. The van der Waals surface area contributed by atoms with Gasteiger partial charge < -0.3 is 4.79 Å². The zero-order valence-electron chi connectivity index (χ0n) is 5.95. The first-order chi connectivity index (χ1) is 4.92. The first kappa shape index (κ1) is 6.71. The Hall–Kier alpha value is 0.0200. The van der Waals surface area contributed by atoms with Crippen LogP contribution >= 0.6 is 11.8 Å². The number of aldehydes is 1. The molecule has 1 saturated heterocycles. The van der Waals surface area contributed by atoms with Gasteiger partial charge in [0.15, 0.2) is 0 Å². The second-order valence-electron chi connectivity index (χ2n) is 3.32. The Kier molecular flexibility index (Phi) is 1.73. The van der Waals surface area contributed by atoms with Gasteiger partial charge in [0, 0.05) is 5.92 Å².